The lowest BCUT2D eigenvalue weighted by Gasteiger charge is -2.10. The summed E-state index contributed by atoms with van der Waals surface area (Å²) in [6.45, 7) is 1.88. The minimum absolute atomic E-state index is 0.00451. The maximum Gasteiger partial charge on any atom is 0.243 e. The molecule has 0 radical (unpaired) electrons. The predicted octanol–water partition coefficient (Wildman–Crippen LogP) is 3.03. The molecule has 1 N–H and O–H groups in total. The molecule has 0 bridgehead atoms. The highest BCUT2D eigenvalue weighted by Gasteiger charge is 2.29. The largest absolute Gasteiger partial charge is 0.496 e. The van der Waals surface area contributed by atoms with Gasteiger partial charge in [-0.1, -0.05) is 11.8 Å². The Morgan fingerprint density at radius 2 is 2.12 bits per heavy atom. The molecule has 1 aromatic heterocycles. The number of carbonyl (C=O) groups is 1. The molecule has 0 unspecified atom stereocenters. The Bertz CT molecular complexity index is 776. The van der Waals surface area contributed by atoms with Gasteiger partial charge in [-0.25, -0.2) is 15.4 Å². The maximum atomic E-state index is 11.7. The number of thioether (sulfide) groups is 1. The fraction of sp³-hybridized carbons (Fsp3) is 0.333. The van der Waals surface area contributed by atoms with E-state index in [9.17, 15) is 4.79 Å². The van der Waals surface area contributed by atoms with Gasteiger partial charge in [-0.15, -0.1) is 0 Å². The summed E-state index contributed by atoms with van der Waals surface area (Å²) in [4.78, 5) is 20.1. The van der Waals surface area contributed by atoms with Crippen molar-refractivity contribution in [3.63, 3.8) is 0 Å². The topological polar surface area (TPSA) is 76.5 Å². The first-order chi connectivity index (χ1) is 12.2. The zero-order chi connectivity index (χ0) is 17.6. The van der Waals surface area contributed by atoms with Crippen LogP contribution in [0.25, 0.3) is 0 Å². The number of hydrazone groups is 1. The molecule has 0 aliphatic heterocycles. The molecule has 1 heterocycles. The van der Waals surface area contributed by atoms with Crippen molar-refractivity contribution in [2.24, 2.45) is 11.0 Å². The van der Waals surface area contributed by atoms with Crippen molar-refractivity contribution in [3.05, 3.63) is 47.8 Å². The van der Waals surface area contributed by atoms with Gasteiger partial charge in [0, 0.05) is 29.6 Å². The first-order valence-electron chi connectivity index (χ1n) is 8.08. The quantitative estimate of drug-likeness (QED) is 0.357. The third-order valence-corrected chi connectivity index (χ3v) is 4.80. The lowest BCUT2D eigenvalue weighted by atomic mass is 10.1. The molecule has 2 aromatic rings. The van der Waals surface area contributed by atoms with E-state index in [2.05, 4.69) is 20.5 Å². The smallest absolute Gasteiger partial charge is 0.243 e. The lowest BCUT2D eigenvalue weighted by molar-refractivity contribution is -0.122. The van der Waals surface area contributed by atoms with Gasteiger partial charge in [0.2, 0.25) is 5.91 Å². The van der Waals surface area contributed by atoms with Gasteiger partial charge in [-0.2, -0.15) is 5.10 Å². The number of rotatable bonds is 7. The van der Waals surface area contributed by atoms with E-state index >= 15 is 0 Å². The van der Waals surface area contributed by atoms with E-state index in [1.54, 1.807) is 37.3 Å². The van der Waals surface area contributed by atoms with Gasteiger partial charge in [-0.05, 0) is 49.6 Å². The van der Waals surface area contributed by atoms with Crippen molar-refractivity contribution in [3.8, 4) is 5.75 Å². The molecule has 1 fully saturated rings. The summed E-state index contributed by atoms with van der Waals surface area (Å²) in [6, 6.07) is 7.67. The van der Waals surface area contributed by atoms with Crippen molar-refractivity contribution in [2.45, 2.75) is 30.7 Å². The molecule has 1 aromatic carbocycles. The Hall–Kier alpha value is -2.41. The normalized spacial score (nSPS) is 14.2. The van der Waals surface area contributed by atoms with Crippen LogP contribution in [0, 0.1) is 5.92 Å². The standard InChI is InChI=1S/C18H20N4O2S/c1-12(21-22-17(23)13-4-5-13)14-6-7-16(24-2)15(10-14)11-25-18-19-8-3-9-20-18/h3,6-10,13H,4-5,11H2,1-2H3,(H,22,23)/b21-12-. The van der Waals surface area contributed by atoms with Crippen LogP contribution in [0.3, 0.4) is 0 Å². The maximum absolute atomic E-state index is 11.7. The molecule has 0 saturated heterocycles. The summed E-state index contributed by atoms with van der Waals surface area (Å²) in [5, 5.41) is 4.93. The van der Waals surface area contributed by atoms with Gasteiger partial charge in [0.15, 0.2) is 5.16 Å². The first kappa shape index (κ1) is 17.4. The van der Waals surface area contributed by atoms with E-state index in [1.807, 2.05) is 25.1 Å². The highest BCUT2D eigenvalue weighted by atomic mass is 32.2. The number of hydrogen-bond donors (Lipinski definition) is 1. The SMILES string of the molecule is COc1ccc(/C(C)=N\NC(=O)C2CC2)cc1CSc1ncccn1. The van der Waals surface area contributed by atoms with Gasteiger partial charge in [-0.3, -0.25) is 4.79 Å². The summed E-state index contributed by atoms with van der Waals surface area (Å²) in [5.41, 5.74) is 5.38. The molecule has 1 aliphatic rings. The summed E-state index contributed by atoms with van der Waals surface area (Å²) in [5.74, 6) is 1.64. The molecule has 130 valence electrons. The summed E-state index contributed by atoms with van der Waals surface area (Å²) >= 11 is 1.54. The lowest BCUT2D eigenvalue weighted by Crippen LogP contribution is -2.20. The molecular weight excluding hydrogens is 336 g/mol. The van der Waals surface area contributed by atoms with E-state index in [0.29, 0.717) is 5.75 Å². The van der Waals surface area contributed by atoms with Gasteiger partial charge in [0.1, 0.15) is 5.75 Å². The molecule has 1 aliphatic carbocycles. The number of amides is 1. The van der Waals surface area contributed by atoms with Crippen LogP contribution >= 0.6 is 11.8 Å². The Morgan fingerprint density at radius 1 is 1.36 bits per heavy atom. The molecule has 1 amide bonds. The highest BCUT2D eigenvalue weighted by molar-refractivity contribution is 7.98. The third-order valence-electron chi connectivity index (χ3n) is 3.88. The number of methoxy groups -OCH3 is 1. The second-order valence-corrected chi connectivity index (χ2v) is 6.74. The van der Waals surface area contributed by atoms with Gasteiger partial charge >= 0.3 is 0 Å². The number of ether oxygens (including phenoxy) is 1. The van der Waals surface area contributed by atoms with Gasteiger partial charge in [0.25, 0.3) is 0 Å². The van der Waals surface area contributed by atoms with Crippen LogP contribution in [0.4, 0.5) is 0 Å². The fourth-order valence-electron chi connectivity index (χ4n) is 2.26. The monoisotopic (exact) mass is 356 g/mol. The van der Waals surface area contributed by atoms with E-state index in [-0.39, 0.29) is 11.8 Å². The number of carbonyl (C=O) groups excluding carboxylic acids is 1. The van der Waals surface area contributed by atoms with Crippen LogP contribution < -0.4 is 10.2 Å². The number of nitrogens with zero attached hydrogens (tertiary/aromatic N) is 3. The zero-order valence-electron chi connectivity index (χ0n) is 14.2. The average molecular weight is 356 g/mol. The van der Waals surface area contributed by atoms with Crippen LogP contribution in [0.15, 0.2) is 46.9 Å². The van der Waals surface area contributed by atoms with Gasteiger partial charge < -0.3 is 4.74 Å². The fourth-order valence-corrected chi connectivity index (χ4v) is 3.04. The van der Waals surface area contributed by atoms with Crippen LogP contribution in [0.2, 0.25) is 0 Å². The van der Waals surface area contributed by atoms with E-state index in [0.717, 1.165) is 40.6 Å². The van der Waals surface area contributed by atoms with Crippen molar-refractivity contribution in [2.75, 3.05) is 7.11 Å². The summed E-state index contributed by atoms with van der Waals surface area (Å²) in [7, 11) is 1.65. The molecule has 0 spiro atoms. The molecule has 3 rings (SSSR count). The minimum Gasteiger partial charge on any atom is -0.496 e. The van der Waals surface area contributed by atoms with Gasteiger partial charge in [0.05, 0.1) is 12.8 Å². The number of hydrogen-bond acceptors (Lipinski definition) is 6. The highest BCUT2D eigenvalue weighted by Crippen LogP contribution is 2.29. The second-order valence-electron chi connectivity index (χ2n) is 5.79. The summed E-state index contributed by atoms with van der Waals surface area (Å²) in [6.07, 6.45) is 5.38. The molecule has 0 atom stereocenters. The molecular formula is C18H20N4O2S. The Balaban J connectivity index is 1.72. The second kappa shape index (κ2) is 8.11. The van der Waals surface area contributed by atoms with Crippen LogP contribution in [0.1, 0.15) is 30.9 Å². The van der Waals surface area contributed by atoms with Crippen LogP contribution in [0.5, 0.6) is 5.75 Å². The Labute approximate surface area is 151 Å². The molecule has 6 nitrogen and oxygen atoms in total. The van der Waals surface area contributed by atoms with E-state index in [1.165, 1.54) is 0 Å². The average Bonchev–Trinajstić information content (AvgIpc) is 3.50. The van der Waals surface area contributed by atoms with E-state index in [4.69, 9.17) is 4.74 Å². The molecule has 1 saturated carbocycles. The zero-order valence-corrected chi connectivity index (χ0v) is 15.0. The van der Waals surface area contributed by atoms with Crippen LogP contribution in [-0.2, 0) is 10.5 Å². The van der Waals surface area contributed by atoms with Crippen molar-refractivity contribution < 1.29 is 9.53 Å². The molecule has 7 heteroatoms. The van der Waals surface area contributed by atoms with E-state index < -0.39 is 0 Å². The first-order valence-corrected chi connectivity index (χ1v) is 9.07. The molecule has 25 heavy (non-hydrogen) atoms. The van der Waals surface area contributed by atoms with Crippen LogP contribution in [-0.4, -0.2) is 28.7 Å². The predicted molar refractivity (Wildman–Crippen MR) is 97.7 cm³/mol. The Kier molecular flexibility index (Phi) is 5.65. The van der Waals surface area contributed by atoms with Crippen molar-refractivity contribution in [1.82, 2.24) is 15.4 Å². The number of nitrogens with one attached hydrogen (secondary N) is 1. The number of aromatic nitrogens is 2. The van der Waals surface area contributed by atoms with Crippen molar-refractivity contribution >= 4 is 23.4 Å². The van der Waals surface area contributed by atoms with Crippen molar-refractivity contribution in [1.29, 1.82) is 0 Å². The Morgan fingerprint density at radius 3 is 2.80 bits per heavy atom. The summed E-state index contributed by atoms with van der Waals surface area (Å²) < 4.78 is 5.44. The minimum atomic E-state index is 0.00451. The number of benzene rings is 1. The third kappa shape index (κ3) is 4.79.